The van der Waals surface area contributed by atoms with Gasteiger partial charge < -0.3 is 10.2 Å². The Balaban J connectivity index is 2.15. The first-order chi connectivity index (χ1) is 8.70. The molecule has 100 valence electrons. The zero-order valence-corrected chi connectivity index (χ0v) is 11.4. The Morgan fingerprint density at radius 3 is 2.72 bits per heavy atom. The Labute approximate surface area is 109 Å². The van der Waals surface area contributed by atoms with Gasteiger partial charge in [0.2, 0.25) is 0 Å². The predicted octanol–water partition coefficient (Wildman–Crippen LogP) is 3.17. The Morgan fingerprint density at radius 2 is 2.06 bits per heavy atom. The molecule has 0 aliphatic carbocycles. The van der Waals surface area contributed by atoms with Crippen LogP contribution < -0.4 is 10.2 Å². The van der Waals surface area contributed by atoms with E-state index in [-0.39, 0.29) is 5.82 Å². The number of piperidine rings is 1. The number of hydrogen-bond donors (Lipinski definition) is 1. The highest BCUT2D eigenvalue weighted by molar-refractivity contribution is 5.54. The molecular formula is C15H23FN2. The molecule has 1 fully saturated rings. The third kappa shape index (κ3) is 3.22. The van der Waals surface area contributed by atoms with Crippen molar-refractivity contribution in [1.29, 1.82) is 0 Å². The Kier molecular flexibility index (Phi) is 4.59. The lowest BCUT2D eigenvalue weighted by Gasteiger charge is -2.33. The number of benzene rings is 1. The van der Waals surface area contributed by atoms with E-state index in [0.717, 1.165) is 37.7 Å². The SMILES string of the molecule is CCNCc1cc(F)ccc1N1CCC(C)CC1. The topological polar surface area (TPSA) is 15.3 Å². The number of hydrogen-bond acceptors (Lipinski definition) is 2. The summed E-state index contributed by atoms with van der Waals surface area (Å²) in [5.41, 5.74) is 2.27. The number of anilines is 1. The summed E-state index contributed by atoms with van der Waals surface area (Å²) in [5.74, 6) is 0.677. The van der Waals surface area contributed by atoms with Gasteiger partial charge in [-0.3, -0.25) is 0 Å². The lowest BCUT2D eigenvalue weighted by molar-refractivity contribution is 0.437. The van der Waals surface area contributed by atoms with Gasteiger partial charge in [-0.15, -0.1) is 0 Å². The van der Waals surface area contributed by atoms with Crippen molar-refractivity contribution in [2.24, 2.45) is 5.92 Å². The summed E-state index contributed by atoms with van der Waals surface area (Å²) < 4.78 is 13.4. The van der Waals surface area contributed by atoms with Gasteiger partial charge in [0.15, 0.2) is 0 Å². The average Bonchev–Trinajstić information content (AvgIpc) is 2.38. The first-order valence-corrected chi connectivity index (χ1v) is 6.94. The molecule has 2 nitrogen and oxygen atoms in total. The van der Waals surface area contributed by atoms with E-state index in [2.05, 4.69) is 24.1 Å². The highest BCUT2D eigenvalue weighted by Gasteiger charge is 2.18. The van der Waals surface area contributed by atoms with Crippen LogP contribution in [0.15, 0.2) is 18.2 Å². The van der Waals surface area contributed by atoms with Crippen LogP contribution in [0.5, 0.6) is 0 Å². The van der Waals surface area contributed by atoms with Gasteiger partial charge in [-0.2, -0.15) is 0 Å². The summed E-state index contributed by atoms with van der Waals surface area (Å²) in [7, 11) is 0. The highest BCUT2D eigenvalue weighted by atomic mass is 19.1. The van der Waals surface area contributed by atoms with Crippen molar-refractivity contribution in [3.05, 3.63) is 29.6 Å². The Bertz CT molecular complexity index is 384. The van der Waals surface area contributed by atoms with Crippen LogP contribution in [0, 0.1) is 11.7 Å². The van der Waals surface area contributed by atoms with Crippen LogP contribution in [-0.2, 0) is 6.54 Å². The summed E-state index contributed by atoms with van der Waals surface area (Å²) in [4.78, 5) is 2.39. The van der Waals surface area contributed by atoms with E-state index in [1.54, 1.807) is 12.1 Å². The molecule has 1 heterocycles. The molecule has 1 aliphatic heterocycles. The molecule has 1 aromatic carbocycles. The standard InChI is InChI=1S/C15H23FN2/c1-3-17-11-13-10-14(16)4-5-15(13)18-8-6-12(2)7-9-18/h4-5,10,12,17H,3,6-9,11H2,1-2H3. The minimum Gasteiger partial charge on any atom is -0.371 e. The normalized spacial score (nSPS) is 17.2. The second kappa shape index (κ2) is 6.19. The maximum absolute atomic E-state index is 13.4. The summed E-state index contributed by atoms with van der Waals surface area (Å²) in [6.07, 6.45) is 2.47. The largest absolute Gasteiger partial charge is 0.371 e. The van der Waals surface area contributed by atoms with E-state index in [4.69, 9.17) is 0 Å². The molecule has 0 radical (unpaired) electrons. The Hall–Kier alpha value is -1.09. The monoisotopic (exact) mass is 250 g/mol. The first kappa shape index (κ1) is 13.3. The number of nitrogens with one attached hydrogen (secondary N) is 1. The van der Waals surface area contributed by atoms with Crippen LogP contribution in [0.3, 0.4) is 0 Å². The molecule has 0 atom stereocenters. The summed E-state index contributed by atoms with van der Waals surface area (Å²) in [6.45, 7) is 8.21. The molecule has 0 bridgehead atoms. The minimum absolute atomic E-state index is 0.142. The van der Waals surface area contributed by atoms with Crippen molar-refractivity contribution in [2.45, 2.75) is 33.2 Å². The molecule has 1 saturated heterocycles. The van der Waals surface area contributed by atoms with Crippen molar-refractivity contribution in [2.75, 3.05) is 24.5 Å². The van der Waals surface area contributed by atoms with Crippen molar-refractivity contribution >= 4 is 5.69 Å². The summed E-state index contributed by atoms with van der Waals surface area (Å²) >= 11 is 0. The van der Waals surface area contributed by atoms with Gasteiger partial charge in [0.25, 0.3) is 0 Å². The third-order valence-corrected chi connectivity index (χ3v) is 3.73. The molecule has 3 heteroatoms. The van der Waals surface area contributed by atoms with Crippen molar-refractivity contribution in [1.82, 2.24) is 5.32 Å². The summed E-state index contributed by atoms with van der Waals surface area (Å²) in [6, 6.07) is 5.16. The quantitative estimate of drug-likeness (QED) is 0.883. The van der Waals surface area contributed by atoms with Crippen LogP contribution in [0.4, 0.5) is 10.1 Å². The van der Waals surface area contributed by atoms with Gasteiger partial charge >= 0.3 is 0 Å². The van der Waals surface area contributed by atoms with Gasteiger partial charge in [0, 0.05) is 25.3 Å². The van der Waals surface area contributed by atoms with Crippen LogP contribution in [-0.4, -0.2) is 19.6 Å². The third-order valence-electron chi connectivity index (χ3n) is 3.73. The number of halogens is 1. The van der Waals surface area contributed by atoms with E-state index < -0.39 is 0 Å². The molecule has 0 saturated carbocycles. The molecule has 1 aromatic rings. The van der Waals surface area contributed by atoms with E-state index >= 15 is 0 Å². The molecule has 0 unspecified atom stereocenters. The summed E-state index contributed by atoms with van der Waals surface area (Å²) in [5, 5.41) is 3.29. The van der Waals surface area contributed by atoms with Crippen LogP contribution in [0.25, 0.3) is 0 Å². The second-order valence-corrected chi connectivity index (χ2v) is 5.22. The second-order valence-electron chi connectivity index (χ2n) is 5.22. The van der Waals surface area contributed by atoms with E-state index in [9.17, 15) is 4.39 Å². The van der Waals surface area contributed by atoms with Gasteiger partial charge in [-0.1, -0.05) is 13.8 Å². The highest BCUT2D eigenvalue weighted by Crippen LogP contribution is 2.26. The smallest absolute Gasteiger partial charge is 0.123 e. The van der Waals surface area contributed by atoms with Crippen LogP contribution in [0.2, 0.25) is 0 Å². The lowest BCUT2D eigenvalue weighted by Crippen LogP contribution is -2.33. The fourth-order valence-electron chi connectivity index (χ4n) is 2.51. The average molecular weight is 250 g/mol. The molecule has 1 aliphatic rings. The molecule has 0 spiro atoms. The van der Waals surface area contributed by atoms with Gasteiger partial charge in [-0.05, 0) is 49.1 Å². The zero-order valence-electron chi connectivity index (χ0n) is 11.4. The maximum Gasteiger partial charge on any atom is 0.123 e. The minimum atomic E-state index is -0.142. The zero-order chi connectivity index (χ0) is 13.0. The van der Waals surface area contributed by atoms with Crippen LogP contribution in [0.1, 0.15) is 32.3 Å². The van der Waals surface area contributed by atoms with Crippen molar-refractivity contribution in [3.63, 3.8) is 0 Å². The maximum atomic E-state index is 13.4. The number of nitrogens with zero attached hydrogens (tertiary/aromatic N) is 1. The fourth-order valence-corrected chi connectivity index (χ4v) is 2.51. The molecule has 1 N–H and O–H groups in total. The Morgan fingerprint density at radius 1 is 1.33 bits per heavy atom. The van der Waals surface area contributed by atoms with E-state index in [0.29, 0.717) is 0 Å². The molecule has 0 aromatic heterocycles. The fraction of sp³-hybridized carbons (Fsp3) is 0.600. The molecular weight excluding hydrogens is 227 g/mol. The lowest BCUT2D eigenvalue weighted by atomic mass is 9.98. The van der Waals surface area contributed by atoms with E-state index in [1.165, 1.54) is 18.5 Å². The molecule has 2 rings (SSSR count). The van der Waals surface area contributed by atoms with E-state index in [1.807, 2.05) is 6.07 Å². The van der Waals surface area contributed by atoms with Crippen LogP contribution >= 0.6 is 0 Å². The van der Waals surface area contributed by atoms with Crippen molar-refractivity contribution < 1.29 is 4.39 Å². The van der Waals surface area contributed by atoms with Gasteiger partial charge in [-0.25, -0.2) is 4.39 Å². The number of rotatable bonds is 4. The molecule has 18 heavy (non-hydrogen) atoms. The van der Waals surface area contributed by atoms with Gasteiger partial charge in [0.1, 0.15) is 5.82 Å². The predicted molar refractivity (Wildman–Crippen MR) is 74.4 cm³/mol. The first-order valence-electron chi connectivity index (χ1n) is 6.94. The van der Waals surface area contributed by atoms with Gasteiger partial charge in [0.05, 0.1) is 0 Å². The molecule has 0 amide bonds. The van der Waals surface area contributed by atoms with Crippen molar-refractivity contribution in [3.8, 4) is 0 Å².